The summed E-state index contributed by atoms with van der Waals surface area (Å²) >= 11 is 6.30. The van der Waals surface area contributed by atoms with Gasteiger partial charge in [-0.3, -0.25) is 9.69 Å². The molecule has 1 atom stereocenters. The van der Waals surface area contributed by atoms with Crippen LogP contribution in [-0.4, -0.2) is 47.9 Å². The lowest BCUT2D eigenvalue weighted by atomic mass is 9.94. The van der Waals surface area contributed by atoms with Crippen molar-refractivity contribution in [3.63, 3.8) is 0 Å². The van der Waals surface area contributed by atoms with Crippen LogP contribution < -0.4 is 0 Å². The maximum absolute atomic E-state index is 13.0. The molecule has 2 aliphatic heterocycles. The normalized spacial score (nSPS) is 22.5. The van der Waals surface area contributed by atoms with E-state index >= 15 is 0 Å². The van der Waals surface area contributed by atoms with E-state index in [2.05, 4.69) is 21.8 Å². The second kappa shape index (κ2) is 8.05. The van der Waals surface area contributed by atoms with Crippen molar-refractivity contribution >= 4 is 17.5 Å². The Balaban J connectivity index is 1.60. The quantitative estimate of drug-likeness (QED) is 0.783. The Hall–Kier alpha value is -1.50. The second-order valence-corrected chi connectivity index (χ2v) is 7.28. The molecule has 0 aromatic heterocycles. The highest BCUT2D eigenvalue weighted by Crippen LogP contribution is 2.28. The molecule has 1 aromatic carbocycles. The molecule has 0 radical (unpaired) electrons. The molecular weight excluding hydrogens is 320 g/mol. The van der Waals surface area contributed by atoms with E-state index in [-0.39, 0.29) is 5.92 Å². The van der Waals surface area contributed by atoms with Crippen LogP contribution in [0.1, 0.15) is 31.2 Å². The molecule has 2 aliphatic rings. The van der Waals surface area contributed by atoms with E-state index < -0.39 is 0 Å². The summed E-state index contributed by atoms with van der Waals surface area (Å²) < 4.78 is 0. The van der Waals surface area contributed by atoms with Crippen molar-refractivity contribution in [3.05, 3.63) is 34.9 Å². The van der Waals surface area contributed by atoms with Crippen LogP contribution in [0.5, 0.6) is 0 Å². The fraction of sp³-hybridized carbons (Fsp3) is 0.550. The monoisotopic (exact) mass is 344 g/mol. The van der Waals surface area contributed by atoms with Crippen LogP contribution in [0.4, 0.5) is 0 Å². The van der Waals surface area contributed by atoms with Gasteiger partial charge in [0.05, 0.1) is 6.54 Å². The highest BCUT2D eigenvalue weighted by atomic mass is 35.5. The first-order chi connectivity index (χ1) is 11.7. The molecule has 3 nitrogen and oxygen atoms in total. The number of terminal acetylenes is 1. The maximum atomic E-state index is 13.0. The minimum Gasteiger partial charge on any atom is -0.339 e. The van der Waals surface area contributed by atoms with Crippen LogP contribution >= 0.6 is 11.6 Å². The van der Waals surface area contributed by atoms with Gasteiger partial charge in [-0.1, -0.05) is 35.7 Å². The Morgan fingerprint density at radius 1 is 1.21 bits per heavy atom. The van der Waals surface area contributed by atoms with Crippen molar-refractivity contribution in [2.75, 3.05) is 26.2 Å². The summed E-state index contributed by atoms with van der Waals surface area (Å²) in [5.41, 5.74) is 1.15. The van der Waals surface area contributed by atoms with Gasteiger partial charge in [0.2, 0.25) is 5.91 Å². The molecule has 2 heterocycles. The fourth-order valence-corrected chi connectivity index (χ4v) is 4.17. The van der Waals surface area contributed by atoms with Gasteiger partial charge in [-0.25, -0.2) is 0 Å². The maximum Gasteiger partial charge on any atom is 0.226 e. The lowest BCUT2D eigenvalue weighted by Gasteiger charge is -2.34. The molecule has 1 aromatic rings. The number of likely N-dealkylation sites (tertiary alicyclic amines) is 2. The summed E-state index contributed by atoms with van der Waals surface area (Å²) in [5, 5.41) is 0.805. The van der Waals surface area contributed by atoms with Crippen LogP contribution in [-0.2, 0) is 11.2 Å². The van der Waals surface area contributed by atoms with Crippen LogP contribution in [0.3, 0.4) is 0 Å². The summed E-state index contributed by atoms with van der Waals surface area (Å²) in [5.74, 6) is 3.19. The molecular formula is C20H25ClN2O. The molecule has 1 amide bonds. The number of halogens is 1. The standard InChI is InChI=1S/C20H25ClN2O/c1-2-11-22-13-9-16(10-14-22)20(24)23-12-5-7-18(23)15-17-6-3-4-8-19(17)21/h1,3-4,6,8,16,18H,5,7,9-15H2. The third-order valence-corrected chi connectivity index (χ3v) is 5.69. The third-order valence-electron chi connectivity index (χ3n) is 5.33. The van der Waals surface area contributed by atoms with Crippen LogP contribution in [0.2, 0.25) is 5.02 Å². The van der Waals surface area contributed by atoms with Gasteiger partial charge in [-0.2, -0.15) is 0 Å². The average molecular weight is 345 g/mol. The number of hydrogen-bond acceptors (Lipinski definition) is 2. The summed E-state index contributed by atoms with van der Waals surface area (Å²) in [4.78, 5) is 17.4. The van der Waals surface area contributed by atoms with E-state index in [1.54, 1.807) is 0 Å². The second-order valence-electron chi connectivity index (χ2n) is 6.88. The molecule has 128 valence electrons. The van der Waals surface area contributed by atoms with E-state index in [0.29, 0.717) is 18.5 Å². The summed E-state index contributed by atoms with van der Waals surface area (Å²) in [6.45, 7) is 3.45. The molecule has 2 fully saturated rings. The first-order valence-electron chi connectivity index (χ1n) is 8.88. The Morgan fingerprint density at radius 3 is 2.67 bits per heavy atom. The van der Waals surface area contributed by atoms with E-state index in [1.165, 1.54) is 0 Å². The molecule has 0 bridgehead atoms. The van der Waals surface area contributed by atoms with Crippen molar-refractivity contribution in [2.24, 2.45) is 5.92 Å². The van der Waals surface area contributed by atoms with Gasteiger partial charge in [0.15, 0.2) is 0 Å². The SMILES string of the molecule is C#CCN1CCC(C(=O)N2CCCC2Cc2ccccc2Cl)CC1. The third kappa shape index (κ3) is 3.94. The van der Waals surface area contributed by atoms with Gasteiger partial charge in [0.25, 0.3) is 0 Å². The predicted molar refractivity (Wildman–Crippen MR) is 97.9 cm³/mol. The number of rotatable bonds is 4. The van der Waals surface area contributed by atoms with Crippen molar-refractivity contribution in [3.8, 4) is 12.3 Å². The number of piperidine rings is 1. The highest BCUT2D eigenvalue weighted by molar-refractivity contribution is 6.31. The van der Waals surface area contributed by atoms with Gasteiger partial charge < -0.3 is 4.90 Å². The summed E-state index contributed by atoms with van der Waals surface area (Å²) in [7, 11) is 0. The van der Waals surface area contributed by atoms with Crippen molar-refractivity contribution in [1.29, 1.82) is 0 Å². The molecule has 2 saturated heterocycles. The Bertz CT molecular complexity index is 616. The smallest absolute Gasteiger partial charge is 0.226 e. The van der Waals surface area contributed by atoms with Gasteiger partial charge in [-0.05, 0) is 56.8 Å². The van der Waals surface area contributed by atoms with Crippen molar-refractivity contribution in [1.82, 2.24) is 9.80 Å². The number of benzene rings is 1. The average Bonchev–Trinajstić information content (AvgIpc) is 3.05. The zero-order valence-electron chi connectivity index (χ0n) is 14.1. The number of amides is 1. The summed E-state index contributed by atoms with van der Waals surface area (Å²) in [6, 6.07) is 8.26. The van der Waals surface area contributed by atoms with E-state index in [4.69, 9.17) is 18.0 Å². The van der Waals surface area contributed by atoms with Crippen LogP contribution in [0, 0.1) is 18.3 Å². The van der Waals surface area contributed by atoms with E-state index in [1.807, 2.05) is 18.2 Å². The molecule has 4 heteroatoms. The van der Waals surface area contributed by atoms with Crippen LogP contribution in [0.15, 0.2) is 24.3 Å². The predicted octanol–water partition coefficient (Wildman–Crippen LogP) is 3.22. The van der Waals surface area contributed by atoms with Gasteiger partial charge in [0.1, 0.15) is 0 Å². The lowest BCUT2D eigenvalue weighted by molar-refractivity contribution is -0.137. The topological polar surface area (TPSA) is 23.6 Å². The molecule has 3 rings (SSSR count). The Morgan fingerprint density at radius 2 is 1.96 bits per heavy atom. The van der Waals surface area contributed by atoms with E-state index in [0.717, 1.165) is 62.3 Å². The zero-order valence-corrected chi connectivity index (χ0v) is 14.8. The highest BCUT2D eigenvalue weighted by Gasteiger charge is 2.34. The molecule has 24 heavy (non-hydrogen) atoms. The number of hydrogen-bond donors (Lipinski definition) is 0. The van der Waals surface area contributed by atoms with Crippen molar-refractivity contribution in [2.45, 2.75) is 38.1 Å². The number of carbonyl (C=O) groups excluding carboxylic acids is 1. The summed E-state index contributed by atoms with van der Waals surface area (Å²) in [6.07, 6.45) is 10.3. The van der Waals surface area contributed by atoms with E-state index in [9.17, 15) is 4.79 Å². The molecule has 0 N–H and O–H groups in total. The molecule has 1 unspecified atom stereocenters. The largest absolute Gasteiger partial charge is 0.339 e. The van der Waals surface area contributed by atoms with Gasteiger partial charge in [-0.15, -0.1) is 6.42 Å². The molecule has 0 saturated carbocycles. The van der Waals surface area contributed by atoms with Gasteiger partial charge in [0, 0.05) is 23.5 Å². The van der Waals surface area contributed by atoms with Crippen molar-refractivity contribution < 1.29 is 4.79 Å². The fourth-order valence-electron chi connectivity index (χ4n) is 3.96. The minimum absolute atomic E-state index is 0.158. The number of nitrogens with zero attached hydrogens (tertiary/aromatic N) is 2. The first-order valence-corrected chi connectivity index (χ1v) is 9.26. The molecule has 0 aliphatic carbocycles. The molecule has 0 spiro atoms. The Labute approximate surface area is 150 Å². The first kappa shape index (κ1) is 17.3. The lowest BCUT2D eigenvalue weighted by Crippen LogP contribution is -2.45. The zero-order chi connectivity index (χ0) is 16.9. The minimum atomic E-state index is 0.158. The Kier molecular flexibility index (Phi) is 5.81. The van der Waals surface area contributed by atoms with Gasteiger partial charge >= 0.3 is 0 Å². The van der Waals surface area contributed by atoms with Crippen LogP contribution in [0.25, 0.3) is 0 Å². The number of carbonyl (C=O) groups is 1.